The first-order valence-corrected chi connectivity index (χ1v) is 3.46. The molecule has 0 aromatic rings. The van der Waals surface area contributed by atoms with Crippen molar-refractivity contribution in [3.63, 3.8) is 0 Å². The van der Waals surface area contributed by atoms with Crippen molar-refractivity contribution in [1.82, 2.24) is 5.32 Å². The summed E-state index contributed by atoms with van der Waals surface area (Å²) in [7, 11) is 0. The predicted molar refractivity (Wildman–Crippen MR) is 35.8 cm³/mol. The Morgan fingerprint density at radius 2 is 2.44 bits per heavy atom. The second kappa shape index (κ2) is 2.84. The Balaban J connectivity index is 2.03. The summed E-state index contributed by atoms with van der Waals surface area (Å²) in [5.41, 5.74) is 0. The summed E-state index contributed by atoms with van der Waals surface area (Å²) in [6.07, 6.45) is 3.24. The summed E-state index contributed by atoms with van der Waals surface area (Å²) < 4.78 is 0. The van der Waals surface area contributed by atoms with Crippen molar-refractivity contribution in [3.05, 3.63) is 0 Å². The lowest BCUT2D eigenvalue weighted by Crippen LogP contribution is -2.27. The van der Waals surface area contributed by atoms with Gasteiger partial charge in [0.15, 0.2) is 0 Å². The molecule has 1 saturated carbocycles. The second-order valence-corrected chi connectivity index (χ2v) is 2.70. The molecule has 1 aliphatic rings. The molecule has 0 saturated heterocycles. The Morgan fingerprint density at radius 1 is 1.78 bits per heavy atom. The van der Waals surface area contributed by atoms with Gasteiger partial charge in [-0.2, -0.15) is 5.26 Å². The van der Waals surface area contributed by atoms with E-state index in [1.54, 1.807) is 0 Å². The highest BCUT2D eigenvalue weighted by Crippen LogP contribution is 2.19. The van der Waals surface area contributed by atoms with Crippen LogP contribution in [-0.4, -0.2) is 12.1 Å². The number of nitriles is 1. The van der Waals surface area contributed by atoms with Gasteiger partial charge in [-0.25, -0.2) is 0 Å². The van der Waals surface area contributed by atoms with Gasteiger partial charge in [0.1, 0.15) is 0 Å². The molecular formula is C7H12N2. The molecule has 0 aromatic carbocycles. The Morgan fingerprint density at radius 3 is 2.89 bits per heavy atom. The lowest BCUT2D eigenvalue weighted by Gasteiger charge is -2.06. The van der Waals surface area contributed by atoms with Crippen molar-refractivity contribution < 1.29 is 0 Å². The maximum atomic E-state index is 8.28. The van der Waals surface area contributed by atoms with Crippen LogP contribution >= 0.6 is 0 Å². The minimum absolute atomic E-state index is 0.391. The quantitative estimate of drug-likeness (QED) is 0.610. The first kappa shape index (κ1) is 6.57. The number of hydrogen-bond donors (Lipinski definition) is 1. The standard InChI is InChI=1S/C7H12N2/c1-6(4-5-8)9-7-2-3-7/h6-7,9H,2-4H2,1H3. The monoisotopic (exact) mass is 124 g/mol. The van der Waals surface area contributed by atoms with Crippen LogP contribution in [-0.2, 0) is 0 Å². The van der Waals surface area contributed by atoms with Crippen molar-refractivity contribution in [2.24, 2.45) is 0 Å². The summed E-state index contributed by atoms with van der Waals surface area (Å²) in [5.74, 6) is 0. The van der Waals surface area contributed by atoms with Crippen LogP contribution in [0.5, 0.6) is 0 Å². The molecule has 1 fully saturated rings. The summed E-state index contributed by atoms with van der Waals surface area (Å²) >= 11 is 0. The fraction of sp³-hybridized carbons (Fsp3) is 0.857. The van der Waals surface area contributed by atoms with Gasteiger partial charge in [-0.3, -0.25) is 0 Å². The van der Waals surface area contributed by atoms with E-state index in [2.05, 4.69) is 18.3 Å². The fourth-order valence-electron chi connectivity index (χ4n) is 0.848. The minimum Gasteiger partial charge on any atom is -0.310 e. The number of hydrogen-bond acceptors (Lipinski definition) is 2. The summed E-state index contributed by atoms with van der Waals surface area (Å²) in [6.45, 7) is 2.06. The van der Waals surface area contributed by atoms with Gasteiger partial charge in [0.05, 0.1) is 12.5 Å². The molecule has 1 N–H and O–H groups in total. The molecule has 0 radical (unpaired) electrons. The highest BCUT2D eigenvalue weighted by Gasteiger charge is 2.22. The van der Waals surface area contributed by atoms with Gasteiger partial charge >= 0.3 is 0 Å². The van der Waals surface area contributed by atoms with Crippen LogP contribution in [0.25, 0.3) is 0 Å². The van der Waals surface area contributed by atoms with Crippen molar-refractivity contribution in [1.29, 1.82) is 5.26 Å². The zero-order valence-electron chi connectivity index (χ0n) is 5.72. The average Bonchev–Trinajstić information content (AvgIpc) is 2.50. The number of nitrogens with one attached hydrogen (secondary N) is 1. The third-order valence-corrected chi connectivity index (χ3v) is 1.50. The van der Waals surface area contributed by atoms with Crippen LogP contribution in [0.1, 0.15) is 26.2 Å². The third-order valence-electron chi connectivity index (χ3n) is 1.50. The van der Waals surface area contributed by atoms with Crippen molar-refractivity contribution in [3.8, 4) is 6.07 Å². The Hall–Kier alpha value is -0.550. The van der Waals surface area contributed by atoms with E-state index in [0.717, 1.165) is 6.04 Å². The molecule has 2 nitrogen and oxygen atoms in total. The summed E-state index contributed by atoms with van der Waals surface area (Å²) in [5, 5.41) is 11.6. The van der Waals surface area contributed by atoms with Crippen LogP contribution < -0.4 is 5.32 Å². The number of nitrogens with zero attached hydrogens (tertiary/aromatic N) is 1. The van der Waals surface area contributed by atoms with Crippen molar-refractivity contribution in [2.45, 2.75) is 38.3 Å². The van der Waals surface area contributed by atoms with Gasteiger partial charge in [0.25, 0.3) is 0 Å². The van der Waals surface area contributed by atoms with E-state index in [1.807, 2.05) is 0 Å². The average molecular weight is 124 g/mol. The molecule has 0 spiro atoms. The lowest BCUT2D eigenvalue weighted by molar-refractivity contribution is 0.554. The van der Waals surface area contributed by atoms with Gasteiger partial charge in [-0.1, -0.05) is 0 Å². The first-order valence-electron chi connectivity index (χ1n) is 3.46. The highest BCUT2D eigenvalue weighted by atomic mass is 15.0. The molecule has 1 rings (SSSR count). The molecule has 0 aromatic heterocycles. The highest BCUT2D eigenvalue weighted by molar-refractivity contribution is 4.86. The molecular weight excluding hydrogens is 112 g/mol. The van der Waals surface area contributed by atoms with Gasteiger partial charge in [0.2, 0.25) is 0 Å². The zero-order chi connectivity index (χ0) is 6.69. The number of rotatable bonds is 3. The van der Waals surface area contributed by atoms with Crippen molar-refractivity contribution >= 4 is 0 Å². The summed E-state index contributed by atoms with van der Waals surface area (Å²) in [4.78, 5) is 0. The van der Waals surface area contributed by atoms with Gasteiger partial charge in [-0.05, 0) is 19.8 Å². The first-order chi connectivity index (χ1) is 4.33. The molecule has 50 valence electrons. The Bertz CT molecular complexity index is 121. The SMILES string of the molecule is CC(CC#N)NC1CC1. The Kier molecular flexibility index (Phi) is 2.07. The fourth-order valence-corrected chi connectivity index (χ4v) is 0.848. The predicted octanol–water partition coefficient (Wildman–Crippen LogP) is 1.04. The molecule has 0 bridgehead atoms. The van der Waals surface area contributed by atoms with Crippen LogP contribution in [0.15, 0.2) is 0 Å². The second-order valence-electron chi connectivity index (χ2n) is 2.70. The molecule has 0 amide bonds. The maximum absolute atomic E-state index is 8.28. The van der Waals surface area contributed by atoms with Crippen LogP contribution in [0.4, 0.5) is 0 Å². The molecule has 1 aliphatic carbocycles. The van der Waals surface area contributed by atoms with E-state index in [1.165, 1.54) is 12.8 Å². The Labute approximate surface area is 55.9 Å². The smallest absolute Gasteiger partial charge is 0.0638 e. The molecule has 1 atom stereocenters. The third kappa shape index (κ3) is 2.48. The largest absolute Gasteiger partial charge is 0.310 e. The van der Waals surface area contributed by atoms with Crippen LogP contribution in [0.3, 0.4) is 0 Å². The van der Waals surface area contributed by atoms with Crippen LogP contribution in [0, 0.1) is 11.3 Å². The van der Waals surface area contributed by atoms with E-state index < -0.39 is 0 Å². The van der Waals surface area contributed by atoms with Gasteiger partial charge in [-0.15, -0.1) is 0 Å². The van der Waals surface area contributed by atoms with E-state index in [9.17, 15) is 0 Å². The summed E-state index contributed by atoms with van der Waals surface area (Å²) in [6, 6.07) is 3.26. The van der Waals surface area contributed by atoms with E-state index in [-0.39, 0.29) is 0 Å². The van der Waals surface area contributed by atoms with Crippen LogP contribution in [0.2, 0.25) is 0 Å². The molecule has 0 aliphatic heterocycles. The van der Waals surface area contributed by atoms with E-state index in [0.29, 0.717) is 12.5 Å². The molecule has 2 heteroatoms. The van der Waals surface area contributed by atoms with E-state index >= 15 is 0 Å². The minimum atomic E-state index is 0.391. The normalized spacial score (nSPS) is 20.9. The maximum Gasteiger partial charge on any atom is 0.0638 e. The zero-order valence-corrected chi connectivity index (χ0v) is 5.72. The molecule has 9 heavy (non-hydrogen) atoms. The van der Waals surface area contributed by atoms with Gasteiger partial charge in [0, 0.05) is 12.1 Å². The van der Waals surface area contributed by atoms with Crippen molar-refractivity contribution in [2.75, 3.05) is 0 Å². The molecule has 0 heterocycles. The topological polar surface area (TPSA) is 35.8 Å². The lowest BCUT2D eigenvalue weighted by atomic mass is 10.2. The van der Waals surface area contributed by atoms with Gasteiger partial charge < -0.3 is 5.32 Å². The molecule has 1 unspecified atom stereocenters. The van der Waals surface area contributed by atoms with E-state index in [4.69, 9.17) is 5.26 Å².